The molecule has 0 amide bonds. The highest BCUT2D eigenvalue weighted by Gasteiger charge is 2.30. The van der Waals surface area contributed by atoms with E-state index < -0.39 is 17.3 Å². The number of halogens is 3. The first-order chi connectivity index (χ1) is 58.5. The van der Waals surface area contributed by atoms with Crippen LogP contribution in [0.4, 0.5) is 13.2 Å². The van der Waals surface area contributed by atoms with E-state index >= 15 is 0 Å². The first-order valence-corrected chi connectivity index (χ1v) is 37.7. The van der Waals surface area contributed by atoms with E-state index in [2.05, 4.69) is 15.0 Å². The van der Waals surface area contributed by atoms with Crippen LogP contribution in [0.5, 0.6) is 51.7 Å². The van der Waals surface area contributed by atoms with Crippen molar-refractivity contribution in [1.82, 2.24) is 38.2 Å². The van der Waals surface area contributed by atoms with Gasteiger partial charge < -0.3 is 44.1 Å². The molecule has 16 rings (SSSR count). The maximum atomic E-state index is 13.4. The Bertz CT molecular complexity index is 6740. The van der Waals surface area contributed by atoms with Crippen LogP contribution in [0.25, 0.3) is 115 Å². The molecule has 0 fully saturated rings. The Kier molecular flexibility index (Phi) is 25.4. The van der Waals surface area contributed by atoms with Gasteiger partial charge in [0.15, 0.2) is 46.0 Å². The molecular weight excluding hydrogens is 1540 g/mol. The van der Waals surface area contributed by atoms with Crippen molar-refractivity contribution >= 4 is 92.2 Å². The molecule has 12 aromatic carbocycles. The summed E-state index contributed by atoms with van der Waals surface area (Å²) >= 11 is 0. The standard InChI is InChI=1S/C25H22N2O4.C24H17F3N2O3.2C24H20N2O3/c1-16-15-18(12-13-21(16)30-2)27-23(26-20-9-5-4-8-19(20)25(27)29)14-11-17-7-6-10-22(31-3)24(17)28;1-32-20-8-4-5-15(22(20)30)9-14-21-28-19-7-3-2-6-18(19)23(31)29(21)17-12-10-16(11-13-17)24(25,26)27;2*1-16-10-13-18(14-11-16)26-22(25-20-8-4-3-7-19(20)24(26)28)15-12-17-6-5-9-21(29-2)23(17)27/h4-15,28H,1-3H3;2-14,30H,1H3;2*3-15,27H,1-2H3/b14-11+;14-9+;2*15-12+. The number of ether oxygens (including phenoxy) is 5. The lowest BCUT2D eigenvalue weighted by Crippen LogP contribution is -2.22. The number of phenols is 4. The number of para-hydroxylation sites is 8. The van der Waals surface area contributed by atoms with E-state index in [0.717, 1.165) is 45.9 Å². The van der Waals surface area contributed by atoms with Crippen LogP contribution in [0, 0.1) is 20.8 Å². The Morgan fingerprint density at radius 2 is 0.537 bits per heavy atom. The van der Waals surface area contributed by atoms with Crippen molar-refractivity contribution in [2.75, 3.05) is 35.5 Å². The SMILES string of the molecule is COc1ccc(-n2c(/C=C/c3cccc(OC)c3O)nc3ccccc3c2=O)cc1C.COc1cccc(/C=C/c2nc3ccccc3c(=O)n2-c2ccc(C(F)(F)F)cc2)c1O.COc1cccc(/C=C/c2nc3ccccc3c(=O)n2-c2ccc(C)cc2)c1O.COc1cccc(/C=C/c2nc3ccccc3c(=O)n2-c2ccc(C)cc2)c1O. The van der Waals surface area contributed by atoms with E-state index in [1.54, 1.807) is 185 Å². The molecule has 0 bridgehead atoms. The molecule has 21 nitrogen and oxygen atoms in total. The van der Waals surface area contributed by atoms with Crippen LogP contribution < -0.4 is 45.9 Å². The van der Waals surface area contributed by atoms with Gasteiger partial charge in [0.1, 0.15) is 29.0 Å². The van der Waals surface area contributed by atoms with Gasteiger partial charge in [0.25, 0.3) is 22.2 Å². The van der Waals surface area contributed by atoms with E-state index in [1.807, 2.05) is 136 Å². The highest BCUT2D eigenvalue weighted by Crippen LogP contribution is 2.36. The van der Waals surface area contributed by atoms with Crippen molar-refractivity contribution in [2.45, 2.75) is 26.9 Å². The number of rotatable bonds is 17. The second-order valence-electron chi connectivity index (χ2n) is 27.3. The predicted octanol–water partition coefficient (Wildman–Crippen LogP) is 19.0. The molecule has 0 spiro atoms. The Morgan fingerprint density at radius 3 is 0.793 bits per heavy atom. The highest BCUT2D eigenvalue weighted by molar-refractivity contribution is 5.85. The summed E-state index contributed by atoms with van der Waals surface area (Å²) in [5.74, 6) is 3.74. The summed E-state index contributed by atoms with van der Waals surface area (Å²) in [4.78, 5) is 71.6. The van der Waals surface area contributed by atoms with Crippen molar-refractivity contribution in [3.05, 3.63) is 370 Å². The Balaban J connectivity index is 0.000000139. The van der Waals surface area contributed by atoms with Gasteiger partial charge in [-0.2, -0.15) is 13.2 Å². The number of alkyl halides is 3. The molecule has 4 aromatic heterocycles. The number of methoxy groups -OCH3 is 5. The summed E-state index contributed by atoms with van der Waals surface area (Å²) in [6.07, 6.45) is 8.89. The van der Waals surface area contributed by atoms with Crippen molar-refractivity contribution < 1.29 is 57.3 Å². The lowest BCUT2D eigenvalue weighted by molar-refractivity contribution is -0.137. The van der Waals surface area contributed by atoms with Gasteiger partial charge in [-0.15, -0.1) is 0 Å². The molecular formula is C97H79F3N8O13. The van der Waals surface area contributed by atoms with Crippen LogP contribution in [-0.2, 0) is 6.18 Å². The van der Waals surface area contributed by atoms with E-state index in [9.17, 15) is 52.8 Å². The number of nitrogens with zero attached hydrogens (tertiary/aromatic N) is 8. The summed E-state index contributed by atoms with van der Waals surface area (Å²) in [6.45, 7) is 5.92. The summed E-state index contributed by atoms with van der Waals surface area (Å²) in [5, 5.41) is 43.4. The quantitative estimate of drug-likeness (QED) is 0.0660. The number of fused-ring (bicyclic) bond motifs is 4. The molecule has 0 atom stereocenters. The number of benzene rings is 12. The van der Waals surface area contributed by atoms with E-state index in [-0.39, 0.29) is 56.9 Å². The fourth-order valence-electron chi connectivity index (χ4n) is 13.2. The van der Waals surface area contributed by atoms with Crippen LogP contribution in [0.2, 0.25) is 0 Å². The Morgan fingerprint density at radius 1 is 0.289 bits per heavy atom. The lowest BCUT2D eigenvalue weighted by Gasteiger charge is -2.13. The Labute approximate surface area is 691 Å². The van der Waals surface area contributed by atoms with Gasteiger partial charge in [-0.05, 0) is 214 Å². The monoisotopic (exact) mass is 1620 g/mol. The molecule has 0 radical (unpaired) electrons. The number of aromatic hydroxyl groups is 4. The number of aryl methyl sites for hydroxylation is 3. The first kappa shape index (κ1) is 83.1. The number of aromatic nitrogens is 8. The average molecular weight is 1620 g/mol. The summed E-state index contributed by atoms with van der Waals surface area (Å²) in [5.41, 5.74) is 8.18. The number of hydrogen-bond donors (Lipinski definition) is 4. The van der Waals surface area contributed by atoms with Gasteiger partial charge in [-0.3, -0.25) is 37.4 Å². The minimum atomic E-state index is -4.49. The predicted molar refractivity (Wildman–Crippen MR) is 469 cm³/mol. The molecule has 0 saturated heterocycles. The fraction of sp³-hybridized carbons (Fsp3) is 0.0928. The summed E-state index contributed by atoms with van der Waals surface area (Å²) in [6, 6.07) is 74.3. The molecule has 0 aliphatic rings. The molecule has 0 aliphatic carbocycles. The zero-order chi connectivity index (χ0) is 85.6. The Hall–Kier alpha value is -15.9. The topological polar surface area (TPSA) is 267 Å². The highest BCUT2D eigenvalue weighted by atomic mass is 19.4. The second-order valence-corrected chi connectivity index (χ2v) is 27.3. The molecule has 4 N–H and O–H groups in total. The largest absolute Gasteiger partial charge is 0.504 e. The van der Waals surface area contributed by atoms with E-state index in [4.69, 9.17) is 28.7 Å². The van der Waals surface area contributed by atoms with Gasteiger partial charge in [0.2, 0.25) is 0 Å². The van der Waals surface area contributed by atoms with Crippen molar-refractivity contribution in [1.29, 1.82) is 0 Å². The smallest absolute Gasteiger partial charge is 0.416 e. The average Bonchev–Trinajstić information content (AvgIpc) is 0.785. The second kappa shape index (κ2) is 37.0. The fourth-order valence-corrected chi connectivity index (χ4v) is 13.2. The van der Waals surface area contributed by atoms with Crippen LogP contribution >= 0.6 is 0 Å². The molecule has 16 aromatic rings. The van der Waals surface area contributed by atoms with Crippen molar-refractivity contribution in [2.24, 2.45) is 0 Å². The van der Waals surface area contributed by atoms with Gasteiger partial charge in [0.05, 0.1) is 107 Å². The molecule has 0 aliphatic heterocycles. The van der Waals surface area contributed by atoms with E-state index in [1.165, 1.54) is 51.2 Å². The molecule has 606 valence electrons. The zero-order valence-electron chi connectivity index (χ0n) is 66.6. The first-order valence-electron chi connectivity index (χ1n) is 37.7. The minimum absolute atomic E-state index is 0.0243. The molecule has 0 saturated carbocycles. The molecule has 0 unspecified atom stereocenters. The van der Waals surface area contributed by atoms with Crippen LogP contribution in [0.3, 0.4) is 0 Å². The third kappa shape index (κ3) is 18.4. The minimum Gasteiger partial charge on any atom is -0.504 e. The van der Waals surface area contributed by atoms with Gasteiger partial charge in [0, 0.05) is 22.3 Å². The van der Waals surface area contributed by atoms with Gasteiger partial charge in [-0.1, -0.05) is 132 Å². The summed E-state index contributed by atoms with van der Waals surface area (Å²) < 4.78 is 70.8. The molecule has 4 heterocycles. The molecule has 24 heteroatoms. The van der Waals surface area contributed by atoms with Gasteiger partial charge in [-0.25, -0.2) is 19.9 Å². The zero-order valence-corrected chi connectivity index (χ0v) is 66.6. The number of hydrogen-bond acceptors (Lipinski definition) is 17. The molecule has 121 heavy (non-hydrogen) atoms. The maximum Gasteiger partial charge on any atom is 0.416 e. The van der Waals surface area contributed by atoms with Gasteiger partial charge >= 0.3 is 6.18 Å². The number of phenolic OH excluding ortho intramolecular Hbond substituents is 4. The third-order valence-electron chi connectivity index (χ3n) is 19.5. The third-order valence-corrected chi connectivity index (χ3v) is 19.5. The van der Waals surface area contributed by atoms with Crippen LogP contribution in [-0.4, -0.2) is 94.2 Å². The normalized spacial score (nSPS) is 11.4. The van der Waals surface area contributed by atoms with Crippen LogP contribution in [0.15, 0.2) is 280 Å². The summed E-state index contributed by atoms with van der Waals surface area (Å²) in [7, 11) is 7.54. The van der Waals surface area contributed by atoms with Crippen molar-refractivity contribution in [3.63, 3.8) is 0 Å². The van der Waals surface area contributed by atoms with E-state index in [0.29, 0.717) is 106 Å². The van der Waals surface area contributed by atoms with Crippen LogP contribution in [0.1, 0.15) is 67.8 Å². The lowest BCUT2D eigenvalue weighted by atomic mass is 10.1. The maximum absolute atomic E-state index is 13.4. The van der Waals surface area contributed by atoms with Crippen molar-refractivity contribution in [3.8, 4) is 74.5 Å².